The van der Waals surface area contributed by atoms with E-state index in [9.17, 15) is 8.42 Å². The lowest BCUT2D eigenvalue weighted by atomic mass is 10.2. The van der Waals surface area contributed by atoms with Gasteiger partial charge in [0.15, 0.2) is 15.0 Å². The van der Waals surface area contributed by atoms with Gasteiger partial charge in [0.25, 0.3) is 0 Å². The third kappa shape index (κ3) is 3.97. The number of aromatic nitrogens is 1. The first-order valence-electron chi connectivity index (χ1n) is 7.06. The van der Waals surface area contributed by atoms with Gasteiger partial charge >= 0.3 is 0 Å². The Morgan fingerprint density at radius 3 is 2.39 bits per heavy atom. The monoisotopic (exact) mass is 344 g/mol. The fourth-order valence-electron chi connectivity index (χ4n) is 2.13. The van der Waals surface area contributed by atoms with Gasteiger partial charge in [0.05, 0.1) is 10.6 Å². The molecule has 0 aliphatic carbocycles. The van der Waals surface area contributed by atoms with Crippen LogP contribution < -0.4 is 5.32 Å². The Labute approximate surface area is 139 Å². The topological polar surface area (TPSA) is 59.1 Å². The number of nitrogens with zero attached hydrogens (tertiary/aromatic N) is 1. The molecule has 1 heterocycles. The number of sulfone groups is 1. The van der Waals surface area contributed by atoms with Crippen LogP contribution in [0.1, 0.15) is 5.56 Å². The quantitative estimate of drug-likeness (QED) is 0.764. The first-order chi connectivity index (χ1) is 11.0. The van der Waals surface area contributed by atoms with E-state index in [1.807, 2.05) is 23.6 Å². The van der Waals surface area contributed by atoms with Crippen molar-refractivity contribution < 1.29 is 8.42 Å². The van der Waals surface area contributed by atoms with Gasteiger partial charge in [-0.25, -0.2) is 13.4 Å². The molecule has 0 aliphatic heterocycles. The largest absolute Gasteiger partial charge is 0.357 e. The molecule has 3 rings (SSSR count). The average Bonchev–Trinajstić information content (AvgIpc) is 3.02. The summed E-state index contributed by atoms with van der Waals surface area (Å²) in [7, 11) is -3.17. The average molecular weight is 344 g/mol. The van der Waals surface area contributed by atoms with Gasteiger partial charge < -0.3 is 5.32 Å². The van der Waals surface area contributed by atoms with Gasteiger partial charge in [-0.3, -0.25) is 0 Å². The summed E-state index contributed by atoms with van der Waals surface area (Å²) in [5.41, 5.74) is 2.94. The van der Waals surface area contributed by atoms with Crippen LogP contribution >= 0.6 is 11.3 Å². The second-order valence-electron chi connectivity index (χ2n) is 5.17. The molecule has 0 radical (unpaired) electrons. The maximum Gasteiger partial charge on any atom is 0.183 e. The van der Waals surface area contributed by atoms with Crippen LogP contribution in [-0.2, 0) is 16.4 Å². The Bertz CT molecular complexity index is 886. The molecule has 0 aliphatic rings. The van der Waals surface area contributed by atoms with Gasteiger partial charge in [-0.1, -0.05) is 42.5 Å². The maximum absolute atomic E-state index is 11.5. The fourth-order valence-corrected chi connectivity index (χ4v) is 3.48. The van der Waals surface area contributed by atoms with E-state index in [0.717, 1.165) is 22.9 Å². The highest BCUT2D eigenvalue weighted by Gasteiger charge is 2.09. The Morgan fingerprint density at radius 1 is 1.04 bits per heavy atom. The van der Waals surface area contributed by atoms with Crippen molar-refractivity contribution in [3.8, 4) is 11.3 Å². The van der Waals surface area contributed by atoms with Crippen molar-refractivity contribution in [2.24, 2.45) is 0 Å². The van der Waals surface area contributed by atoms with E-state index < -0.39 is 9.84 Å². The standard InChI is InChI=1S/C17H16N2O2S2/c1-23(20,21)15-9-7-14(8-10-15)16-12-22-17(19-16)18-11-13-5-3-2-4-6-13/h2-10,12H,11H2,1H3,(H,18,19). The van der Waals surface area contributed by atoms with E-state index in [2.05, 4.69) is 22.4 Å². The number of benzene rings is 2. The minimum atomic E-state index is -3.17. The first-order valence-corrected chi connectivity index (χ1v) is 9.83. The first kappa shape index (κ1) is 15.7. The molecule has 0 amide bonds. The molecule has 0 saturated heterocycles. The summed E-state index contributed by atoms with van der Waals surface area (Å²) < 4.78 is 23.0. The molecule has 0 bridgehead atoms. The molecule has 3 aromatic rings. The lowest BCUT2D eigenvalue weighted by molar-refractivity contribution is 0.602. The number of hydrogen-bond donors (Lipinski definition) is 1. The summed E-state index contributed by atoms with van der Waals surface area (Å²) in [6.07, 6.45) is 1.20. The predicted molar refractivity (Wildman–Crippen MR) is 94.4 cm³/mol. The van der Waals surface area contributed by atoms with Crippen LogP contribution in [-0.4, -0.2) is 19.7 Å². The molecule has 0 saturated carbocycles. The molecular formula is C17H16N2O2S2. The molecule has 1 aromatic heterocycles. The number of thiazole rings is 1. The third-order valence-corrected chi connectivity index (χ3v) is 5.30. The Morgan fingerprint density at radius 2 is 1.74 bits per heavy atom. The van der Waals surface area contributed by atoms with Crippen molar-refractivity contribution in [3.63, 3.8) is 0 Å². The SMILES string of the molecule is CS(=O)(=O)c1ccc(-c2csc(NCc3ccccc3)n2)cc1. The fraction of sp³-hybridized carbons (Fsp3) is 0.118. The smallest absolute Gasteiger partial charge is 0.183 e. The van der Waals surface area contributed by atoms with E-state index in [4.69, 9.17) is 0 Å². The minimum Gasteiger partial charge on any atom is -0.357 e. The van der Waals surface area contributed by atoms with Crippen LogP contribution in [0.2, 0.25) is 0 Å². The van der Waals surface area contributed by atoms with E-state index in [0.29, 0.717) is 4.90 Å². The summed E-state index contributed by atoms with van der Waals surface area (Å²) in [5, 5.41) is 6.10. The zero-order valence-electron chi connectivity index (χ0n) is 12.6. The highest BCUT2D eigenvalue weighted by molar-refractivity contribution is 7.90. The number of anilines is 1. The summed E-state index contributed by atoms with van der Waals surface area (Å²) in [4.78, 5) is 4.86. The highest BCUT2D eigenvalue weighted by atomic mass is 32.2. The molecule has 2 aromatic carbocycles. The maximum atomic E-state index is 11.5. The lowest BCUT2D eigenvalue weighted by Crippen LogP contribution is -1.98. The van der Waals surface area contributed by atoms with Crippen LogP contribution in [0.3, 0.4) is 0 Å². The summed E-state index contributed by atoms with van der Waals surface area (Å²) >= 11 is 1.53. The zero-order valence-corrected chi connectivity index (χ0v) is 14.2. The van der Waals surface area contributed by atoms with Crippen LogP contribution in [0.15, 0.2) is 64.9 Å². The van der Waals surface area contributed by atoms with Gasteiger partial charge in [0, 0.05) is 23.7 Å². The molecule has 0 unspecified atom stereocenters. The van der Waals surface area contributed by atoms with Gasteiger partial charge in [0.1, 0.15) is 0 Å². The van der Waals surface area contributed by atoms with E-state index in [1.165, 1.54) is 23.2 Å². The van der Waals surface area contributed by atoms with Gasteiger partial charge in [-0.15, -0.1) is 11.3 Å². The number of rotatable bonds is 5. The van der Waals surface area contributed by atoms with Crippen LogP contribution in [0.25, 0.3) is 11.3 Å². The van der Waals surface area contributed by atoms with Crippen molar-refractivity contribution in [2.45, 2.75) is 11.4 Å². The van der Waals surface area contributed by atoms with Crippen molar-refractivity contribution in [1.82, 2.24) is 4.98 Å². The molecular weight excluding hydrogens is 328 g/mol. The second kappa shape index (κ2) is 6.52. The molecule has 118 valence electrons. The molecule has 4 nitrogen and oxygen atoms in total. The molecule has 0 atom stereocenters. The summed E-state index contributed by atoms with van der Waals surface area (Å²) in [6, 6.07) is 16.9. The Kier molecular flexibility index (Phi) is 4.45. The molecule has 23 heavy (non-hydrogen) atoms. The Hall–Kier alpha value is -2.18. The number of nitrogens with one attached hydrogen (secondary N) is 1. The second-order valence-corrected chi connectivity index (χ2v) is 8.05. The highest BCUT2D eigenvalue weighted by Crippen LogP contribution is 2.26. The van der Waals surface area contributed by atoms with E-state index >= 15 is 0 Å². The van der Waals surface area contributed by atoms with Gasteiger partial charge in [-0.05, 0) is 17.7 Å². The predicted octanol–water partition coefficient (Wildman–Crippen LogP) is 3.83. The van der Waals surface area contributed by atoms with E-state index in [-0.39, 0.29) is 0 Å². The number of hydrogen-bond acceptors (Lipinski definition) is 5. The van der Waals surface area contributed by atoms with Crippen molar-refractivity contribution in [3.05, 3.63) is 65.5 Å². The summed E-state index contributed by atoms with van der Waals surface area (Å²) in [5.74, 6) is 0. The molecule has 6 heteroatoms. The third-order valence-electron chi connectivity index (χ3n) is 3.37. The minimum absolute atomic E-state index is 0.318. The molecule has 0 fully saturated rings. The van der Waals surface area contributed by atoms with Crippen LogP contribution in [0, 0.1) is 0 Å². The molecule has 0 spiro atoms. The van der Waals surface area contributed by atoms with Gasteiger partial charge in [0.2, 0.25) is 0 Å². The lowest BCUT2D eigenvalue weighted by Gasteiger charge is -2.02. The van der Waals surface area contributed by atoms with Crippen molar-refractivity contribution in [2.75, 3.05) is 11.6 Å². The summed E-state index contributed by atoms with van der Waals surface area (Å²) in [6.45, 7) is 0.723. The van der Waals surface area contributed by atoms with Crippen LogP contribution in [0.5, 0.6) is 0 Å². The van der Waals surface area contributed by atoms with Crippen LogP contribution in [0.4, 0.5) is 5.13 Å². The molecule has 1 N–H and O–H groups in total. The van der Waals surface area contributed by atoms with Gasteiger partial charge in [-0.2, -0.15) is 0 Å². The van der Waals surface area contributed by atoms with Crippen molar-refractivity contribution in [1.29, 1.82) is 0 Å². The van der Waals surface area contributed by atoms with E-state index in [1.54, 1.807) is 24.3 Å². The normalized spacial score (nSPS) is 11.3. The zero-order chi connectivity index (χ0) is 16.3. The van der Waals surface area contributed by atoms with Crippen molar-refractivity contribution >= 4 is 26.3 Å². The Balaban J connectivity index is 1.71.